The topological polar surface area (TPSA) is 38.3 Å². The molecular weight excluding hydrogens is 314 g/mol. The standard InChI is InChI=1S/C13H12BrNO2S/c1-17-9-4-5-12(14)11(7-9)13(16)15-8-10-3-2-6-18-10/h2-7H,8H2,1H3,(H,15,16). The van der Waals surface area contributed by atoms with Crippen LogP contribution < -0.4 is 10.1 Å². The zero-order chi connectivity index (χ0) is 13.0. The molecule has 1 amide bonds. The van der Waals surface area contributed by atoms with E-state index >= 15 is 0 Å². The van der Waals surface area contributed by atoms with Gasteiger partial charge in [-0.15, -0.1) is 11.3 Å². The molecule has 5 heteroatoms. The lowest BCUT2D eigenvalue weighted by Gasteiger charge is -2.07. The lowest BCUT2D eigenvalue weighted by Crippen LogP contribution is -2.22. The summed E-state index contributed by atoms with van der Waals surface area (Å²) in [5.74, 6) is 0.550. The highest BCUT2D eigenvalue weighted by atomic mass is 79.9. The number of carbonyl (C=O) groups excluding carboxylic acids is 1. The van der Waals surface area contributed by atoms with E-state index in [1.54, 1.807) is 36.6 Å². The Kier molecular flexibility index (Phi) is 4.38. The van der Waals surface area contributed by atoms with Gasteiger partial charge in [-0.3, -0.25) is 4.79 Å². The molecule has 1 heterocycles. The number of methoxy groups -OCH3 is 1. The van der Waals surface area contributed by atoms with Gasteiger partial charge in [-0.1, -0.05) is 6.07 Å². The fourth-order valence-electron chi connectivity index (χ4n) is 1.48. The van der Waals surface area contributed by atoms with Gasteiger partial charge in [0.05, 0.1) is 19.2 Å². The van der Waals surface area contributed by atoms with Crippen LogP contribution in [0.5, 0.6) is 5.75 Å². The Morgan fingerprint density at radius 3 is 2.94 bits per heavy atom. The van der Waals surface area contributed by atoms with E-state index in [9.17, 15) is 4.79 Å². The molecule has 0 radical (unpaired) electrons. The van der Waals surface area contributed by atoms with Crippen molar-refractivity contribution >= 4 is 33.2 Å². The molecule has 0 saturated heterocycles. The fraction of sp³-hybridized carbons (Fsp3) is 0.154. The molecule has 0 aliphatic carbocycles. The molecule has 1 N–H and O–H groups in total. The zero-order valence-corrected chi connectivity index (χ0v) is 12.2. The maximum Gasteiger partial charge on any atom is 0.252 e. The summed E-state index contributed by atoms with van der Waals surface area (Å²) in [5.41, 5.74) is 0.575. The van der Waals surface area contributed by atoms with Crippen LogP contribution in [-0.2, 0) is 6.54 Å². The van der Waals surface area contributed by atoms with E-state index < -0.39 is 0 Å². The van der Waals surface area contributed by atoms with Gasteiger partial charge < -0.3 is 10.1 Å². The van der Waals surface area contributed by atoms with E-state index in [2.05, 4.69) is 21.2 Å². The molecule has 0 fully saturated rings. The smallest absolute Gasteiger partial charge is 0.252 e. The van der Waals surface area contributed by atoms with E-state index in [0.717, 1.165) is 9.35 Å². The van der Waals surface area contributed by atoms with Crippen molar-refractivity contribution in [1.29, 1.82) is 0 Å². The first kappa shape index (κ1) is 13.1. The van der Waals surface area contributed by atoms with Crippen molar-refractivity contribution in [3.8, 4) is 5.75 Å². The Bertz CT molecular complexity index is 540. The summed E-state index contributed by atoms with van der Waals surface area (Å²) in [5, 5.41) is 4.87. The van der Waals surface area contributed by atoms with Crippen LogP contribution in [0, 0.1) is 0 Å². The van der Waals surface area contributed by atoms with Crippen LogP contribution in [0.3, 0.4) is 0 Å². The van der Waals surface area contributed by atoms with Crippen molar-refractivity contribution in [1.82, 2.24) is 5.32 Å². The second kappa shape index (κ2) is 6.02. The first-order valence-electron chi connectivity index (χ1n) is 5.35. The molecule has 0 spiro atoms. The number of rotatable bonds is 4. The molecule has 0 atom stereocenters. The predicted molar refractivity (Wildman–Crippen MR) is 76.2 cm³/mol. The Labute approximate surface area is 118 Å². The summed E-state index contributed by atoms with van der Waals surface area (Å²) in [6, 6.07) is 9.28. The van der Waals surface area contributed by atoms with Crippen molar-refractivity contribution in [2.45, 2.75) is 6.54 Å². The van der Waals surface area contributed by atoms with Crippen molar-refractivity contribution in [3.05, 3.63) is 50.6 Å². The number of hydrogen-bond acceptors (Lipinski definition) is 3. The summed E-state index contributed by atoms with van der Waals surface area (Å²) in [4.78, 5) is 13.2. The highest BCUT2D eigenvalue weighted by Gasteiger charge is 2.11. The summed E-state index contributed by atoms with van der Waals surface area (Å²) in [7, 11) is 1.58. The number of halogens is 1. The molecule has 94 valence electrons. The SMILES string of the molecule is COc1ccc(Br)c(C(=O)NCc2cccs2)c1. The van der Waals surface area contributed by atoms with E-state index in [1.165, 1.54) is 0 Å². The molecule has 3 nitrogen and oxygen atoms in total. The molecule has 0 bridgehead atoms. The van der Waals surface area contributed by atoms with E-state index in [-0.39, 0.29) is 5.91 Å². The lowest BCUT2D eigenvalue weighted by atomic mass is 10.2. The van der Waals surface area contributed by atoms with Gasteiger partial charge in [0.1, 0.15) is 5.75 Å². The normalized spacial score (nSPS) is 10.1. The molecular formula is C13H12BrNO2S. The maximum atomic E-state index is 12.0. The zero-order valence-electron chi connectivity index (χ0n) is 9.77. The van der Waals surface area contributed by atoms with Gasteiger partial charge in [0.2, 0.25) is 0 Å². The molecule has 2 aromatic rings. The van der Waals surface area contributed by atoms with Gasteiger partial charge in [0, 0.05) is 9.35 Å². The number of carbonyl (C=O) groups is 1. The Hall–Kier alpha value is -1.33. The van der Waals surface area contributed by atoms with Gasteiger partial charge in [0.15, 0.2) is 0 Å². The van der Waals surface area contributed by atoms with Gasteiger partial charge in [-0.25, -0.2) is 0 Å². The summed E-state index contributed by atoms with van der Waals surface area (Å²) in [6.07, 6.45) is 0. The van der Waals surface area contributed by atoms with Gasteiger partial charge >= 0.3 is 0 Å². The van der Waals surface area contributed by atoms with Crippen LogP contribution in [-0.4, -0.2) is 13.0 Å². The highest BCUT2D eigenvalue weighted by molar-refractivity contribution is 9.10. The van der Waals surface area contributed by atoms with Crippen LogP contribution in [0.1, 0.15) is 15.2 Å². The van der Waals surface area contributed by atoms with Crippen LogP contribution in [0.25, 0.3) is 0 Å². The summed E-state index contributed by atoms with van der Waals surface area (Å²) >= 11 is 4.99. The van der Waals surface area contributed by atoms with Crippen molar-refractivity contribution in [2.24, 2.45) is 0 Å². The molecule has 0 aliphatic rings. The Morgan fingerprint density at radius 2 is 2.28 bits per heavy atom. The summed E-state index contributed by atoms with van der Waals surface area (Å²) < 4.78 is 5.87. The van der Waals surface area contributed by atoms with Crippen LogP contribution >= 0.6 is 27.3 Å². The lowest BCUT2D eigenvalue weighted by molar-refractivity contribution is 0.0950. The number of hydrogen-bond donors (Lipinski definition) is 1. The molecule has 1 aromatic carbocycles. The molecule has 1 aromatic heterocycles. The van der Waals surface area contributed by atoms with Gasteiger partial charge in [-0.2, -0.15) is 0 Å². The van der Waals surface area contributed by atoms with Crippen molar-refractivity contribution < 1.29 is 9.53 Å². The van der Waals surface area contributed by atoms with Crippen LogP contribution in [0.2, 0.25) is 0 Å². The molecule has 0 saturated carbocycles. The molecule has 0 aliphatic heterocycles. The molecule has 0 unspecified atom stereocenters. The average Bonchev–Trinajstić information content (AvgIpc) is 2.89. The third kappa shape index (κ3) is 3.11. The maximum absolute atomic E-state index is 12.0. The Morgan fingerprint density at radius 1 is 1.44 bits per heavy atom. The minimum absolute atomic E-state index is 0.117. The minimum atomic E-state index is -0.117. The van der Waals surface area contributed by atoms with E-state index in [4.69, 9.17) is 4.74 Å². The highest BCUT2D eigenvalue weighted by Crippen LogP contribution is 2.22. The predicted octanol–water partition coefficient (Wildman–Crippen LogP) is 3.45. The third-order valence-electron chi connectivity index (χ3n) is 2.42. The molecule has 2 rings (SSSR count). The third-order valence-corrected chi connectivity index (χ3v) is 3.99. The number of thiophene rings is 1. The van der Waals surface area contributed by atoms with Gasteiger partial charge in [-0.05, 0) is 45.6 Å². The van der Waals surface area contributed by atoms with Crippen LogP contribution in [0.4, 0.5) is 0 Å². The number of nitrogens with one attached hydrogen (secondary N) is 1. The second-order valence-electron chi connectivity index (χ2n) is 3.61. The first-order chi connectivity index (χ1) is 8.70. The first-order valence-corrected chi connectivity index (χ1v) is 7.02. The fourth-order valence-corrected chi connectivity index (χ4v) is 2.55. The van der Waals surface area contributed by atoms with Crippen LogP contribution in [0.15, 0.2) is 40.2 Å². The Balaban J connectivity index is 2.08. The number of amides is 1. The number of ether oxygens (including phenoxy) is 1. The largest absolute Gasteiger partial charge is 0.497 e. The molecule has 18 heavy (non-hydrogen) atoms. The second-order valence-corrected chi connectivity index (χ2v) is 5.49. The van der Waals surface area contributed by atoms with E-state index in [0.29, 0.717) is 17.9 Å². The number of benzene rings is 1. The van der Waals surface area contributed by atoms with Gasteiger partial charge in [0.25, 0.3) is 5.91 Å². The quantitative estimate of drug-likeness (QED) is 0.935. The van der Waals surface area contributed by atoms with Crippen molar-refractivity contribution in [3.63, 3.8) is 0 Å². The monoisotopic (exact) mass is 325 g/mol. The van der Waals surface area contributed by atoms with Crippen molar-refractivity contribution in [2.75, 3.05) is 7.11 Å². The van der Waals surface area contributed by atoms with E-state index in [1.807, 2.05) is 17.5 Å². The average molecular weight is 326 g/mol. The summed E-state index contributed by atoms with van der Waals surface area (Å²) in [6.45, 7) is 0.542. The minimum Gasteiger partial charge on any atom is -0.497 e.